The van der Waals surface area contributed by atoms with Crippen molar-refractivity contribution < 1.29 is 8.91 Å². The molecule has 96 valence electrons. The quantitative estimate of drug-likeness (QED) is 0.766. The highest BCUT2D eigenvalue weighted by molar-refractivity contribution is 5.64. The zero-order valence-corrected chi connectivity index (χ0v) is 10.2. The lowest BCUT2D eigenvalue weighted by molar-refractivity contribution is 0.374. The molecular weight excluding hydrogens is 233 g/mol. The number of likely N-dealkylation sites (N-methyl/N-ethyl adjacent to an activating group) is 1. The van der Waals surface area contributed by atoms with Gasteiger partial charge in [0.15, 0.2) is 5.76 Å². The number of hydrogen-bond acceptors (Lipinski definition) is 4. The molecule has 0 saturated carbocycles. The topological polar surface area (TPSA) is 50.1 Å². The van der Waals surface area contributed by atoms with E-state index >= 15 is 0 Å². The Morgan fingerprint density at radius 1 is 1.22 bits per heavy atom. The Labute approximate surface area is 105 Å². The van der Waals surface area contributed by atoms with Crippen LogP contribution in [0.2, 0.25) is 0 Å². The van der Waals surface area contributed by atoms with Crippen molar-refractivity contribution in [2.45, 2.75) is 6.54 Å². The van der Waals surface area contributed by atoms with Gasteiger partial charge < -0.3 is 15.2 Å². The Kier molecular flexibility index (Phi) is 4.44. The van der Waals surface area contributed by atoms with Crippen LogP contribution in [0.1, 0.15) is 5.76 Å². The molecule has 1 aromatic carbocycles. The molecule has 18 heavy (non-hydrogen) atoms. The highest BCUT2D eigenvalue weighted by atomic mass is 19.1. The molecule has 2 rings (SSSR count). The maximum Gasteiger partial charge on any atom is 0.158 e. The summed E-state index contributed by atoms with van der Waals surface area (Å²) in [6.45, 7) is 2.34. The zero-order chi connectivity index (χ0) is 12.8. The van der Waals surface area contributed by atoms with Crippen LogP contribution in [0.25, 0.3) is 11.1 Å². The van der Waals surface area contributed by atoms with E-state index in [9.17, 15) is 4.39 Å². The number of benzene rings is 1. The summed E-state index contributed by atoms with van der Waals surface area (Å²) >= 11 is 0. The van der Waals surface area contributed by atoms with Crippen molar-refractivity contribution in [3.63, 3.8) is 0 Å². The lowest BCUT2D eigenvalue weighted by Gasteiger charge is -2.04. The lowest BCUT2D eigenvalue weighted by atomic mass is 10.1. The molecule has 0 amide bonds. The number of aromatic nitrogens is 1. The fourth-order valence-corrected chi connectivity index (χ4v) is 1.67. The molecule has 0 saturated heterocycles. The van der Waals surface area contributed by atoms with E-state index in [-0.39, 0.29) is 5.82 Å². The van der Waals surface area contributed by atoms with Crippen LogP contribution in [-0.2, 0) is 6.54 Å². The Bertz CT molecular complexity index is 481. The first-order valence-electron chi connectivity index (χ1n) is 5.86. The van der Waals surface area contributed by atoms with Crippen molar-refractivity contribution in [2.75, 3.05) is 20.1 Å². The number of rotatable bonds is 6. The molecule has 0 unspecified atom stereocenters. The van der Waals surface area contributed by atoms with Crippen LogP contribution >= 0.6 is 0 Å². The van der Waals surface area contributed by atoms with Gasteiger partial charge in [-0.05, 0) is 24.7 Å². The van der Waals surface area contributed by atoms with E-state index in [0.717, 1.165) is 30.0 Å². The third-order valence-corrected chi connectivity index (χ3v) is 2.64. The predicted octanol–water partition coefficient (Wildman–Crippen LogP) is 1.79. The molecule has 0 fully saturated rings. The average Bonchev–Trinajstić information content (AvgIpc) is 2.84. The first kappa shape index (κ1) is 12.7. The smallest absolute Gasteiger partial charge is 0.158 e. The highest BCUT2D eigenvalue weighted by Crippen LogP contribution is 2.23. The summed E-state index contributed by atoms with van der Waals surface area (Å²) in [7, 11) is 1.90. The number of halogens is 1. The van der Waals surface area contributed by atoms with Gasteiger partial charge in [0.25, 0.3) is 0 Å². The highest BCUT2D eigenvalue weighted by Gasteiger charge is 2.09. The van der Waals surface area contributed by atoms with Crippen molar-refractivity contribution in [3.8, 4) is 11.1 Å². The van der Waals surface area contributed by atoms with Crippen molar-refractivity contribution in [2.24, 2.45) is 0 Å². The van der Waals surface area contributed by atoms with Crippen LogP contribution in [0.4, 0.5) is 4.39 Å². The van der Waals surface area contributed by atoms with Crippen LogP contribution in [0.15, 0.2) is 35.0 Å². The third-order valence-electron chi connectivity index (χ3n) is 2.64. The summed E-state index contributed by atoms with van der Waals surface area (Å²) in [6.07, 6.45) is 1.66. The monoisotopic (exact) mass is 249 g/mol. The van der Waals surface area contributed by atoms with Crippen molar-refractivity contribution in [3.05, 3.63) is 42.0 Å². The third kappa shape index (κ3) is 3.15. The summed E-state index contributed by atoms with van der Waals surface area (Å²) in [4.78, 5) is 0. The van der Waals surface area contributed by atoms with E-state index in [1.807, 2.05) is 7.05 Å². The minimum atomic E-state index is -0.246. The lowest BCUT2D eigenvalue weighted by Crippen LogP contribution is -2.24. The summed E-state index contributed by atoms with van der Waals surface area (Å²) in [5.74, 6) is 0.515. The molecule has 4 nitrogen and oxygen atoms in total. The normalized spacial score (nSPS) is 10.8. The fourth-order valence-electron chi connectivity index (χ4n) is 1.67. The van der Waals surface area contributed by atoms with Crippen LogP contribution in [-0.4, -0.2) is 25.3 Å². The van der Waals surface area contributed by atoms with E-state index in [2.05, 4.69) is 15.8 Å². The van der Waals surface area contributed by atoms with E-state index in [4.69, 9.17) is 4.52 Å². The zero-order valence-electron chi connectivity index (χ0n) is 10.2. The maximum atomic E-state index is 12.9. The van der Waals surface area contributed by atoms with Gasteiger partial charge in [-0.2, -0.15) is 0 Å². The Hall–Kier alpha value is -1.72. The molecule has 5 heteroatoms. The average molecular weight is 249 g/mol. The predicted molar refractivity (Wildman–Crippen MR) is 67.5 cm³/mol. The van der Waals surface area contributed by atoms with Gasteiger partial charge in [0, 0.05) is 18.7 Å². The van der Waals surface area contributed by atoms with Gasteiger partial charge in [-0.15, -0.1) is 0 Å². The first-order valence-corrected chi connectivity index (χ1v) is 5.86. The van der Waals surface area contributed by atoms with E-state index in [1.54, 1.807) is 18.3 Å². The van der Waals surface area contributed by atoms with E-state index < -0.39 is 0 Å². The summed E-state index contributed by atoms with van der Waals surface area (Å²) in [5.41, 5.74) is 1.80. The van der Waals surface area contributed by atoms with Gasteiger partial charge in [-0.3, -0.25) is 0 Å². The van der Waals surface area contributed by atoms with Gasteiger partial charge in [0.2, 0.25) is 0 Å². The summed E-state index contributed by atoms with van der Waals surface area (Å²) in [6, 6.07) is 6.30. The molecule has 2 aromatic rings. The van der Waals surface area contributed by atoms with E-state index in [0.29, 0.717) is 6.54 Å². The summed E-state index contributed by atoms with van der Waals surface area (Å²) in [5, 5.41) is 10.1. The molecule has 0 aliphatic carbocycles. The molecule has 0 atom stereocenters. The fraction of sp³-hybridized carbons (Fsp3) is 0.308. The largest absolute Gasteiger partial charge is 0.359 e. The van der Waals surface area contributed by atoms with Crippen LogP contribution in [0, 0.1) is 5.82 Å². The van der Waals surface area contributed by atoms with Crippen molar-refractivity contribution >= 4 is 0 Å². The Morgan fingerprint density at radius 3 is 2.72 bits per heavy atom. The van der Waals surface area contributed by atoms with Crippen LogP contribution < -0.4 is 10.6 Å². The molecule has 2 N–H and O–H groups in total. The number of hydrogen-bond donors (Lipinski definition) is 2. The van der Waals surface area contributed by atoms with Crippen molar-refractivity contribution in [1.82, 2.24) is 15.8 Å². The number of nitrogens with zero attached hydrogens (tertiary/aromatic N) is 1. The molecule has 1 heterocycles. The molecule has 0 spiro atoms. The second-order valence-electron chi connectivity index (χ2n) is 3.95. The molecule has 0 aliphatic rings. The Morgan fingerprint density at radius 2 is 2.00 bits per heavy atom. The van der Waals surface area contributed by atoms with Gasteiger partial charge in [0.05, 0.1) is 12.7 Å². The Balaban J connectivity index is 2.05. The first-order chi connectivity index (χ1) is 8.81. The minimum absolute atomic E-state index is 0.246. The second-order valence-corrected chi connectivity index (χ2v) is 3.95. The van der Waals surface area contributed by atoms with Gasteiger partial charge in [0.1, 0.15) is 5.82 Å². The molecular formula is C13H16FN3O. The van der Waals surface area contributed by atoms with Gasteiger partial charge in [-0.1, -0.05) is 17.3 Å². The minimum Gasteiger partial charge on any atom is -0.359 e. The maximum absolute atomic E-state index is 12.9. The van der Waals surface area contributed by atoms with Crippen LogP contribution in [0.3, 0.4) is 0 Å². The molecule has 1 aromatic heterocycles. The molecule has 0 bridgehead atoms. The van der Waals surface area contributed by atoms with Crippen molar-refractivity contribution in [1.29, 1.82) is 0 Å². The van der Waals surface area contributed by atoms with Crippen LogP contribution in [0.5, 0.6) is 0 Å². The van der Waals surface area contributed by atoms with E-state index in [1.165, 1.54) is 12.1 Å². The summed E-state index contributed by atoms with van der Waals surface area (Å²) < 4.78 is 18.1. The SMILES string of the molecule is CNCCNCc1oncc1-c1ccc(F)cc1. The van der Waals surface area contributed by atoms with Gasteiger partial charge >= 0.3 is 0 Å². The second kappa shape index (κ2) is 6.28. The number of nitrogens with one attached hydrogen (secondary N) is 2. The molecule has 0 aliphatic heterocycles. The van der Waals surface area contributed by atoms with Gasteiger partial charge in [-0.25, -0.2) is 4.39 Å². The standard InChI is InChI=1S/C13H16FN3O/c1-15-6-7-16-9-13-12(8-17-18-13)10-2-4-11(14)5-3-10/h2-5,8,15-16H,6-7,9H2,1H3. The molecule has 0 radical (unpaired) electrons.